The number of hydrogen-bond donors (Lipinski definition) is 1. The van der Waals surface area contributed by atoms with Crippen LogP contribution in [0.15, 0.2) is 36.7 Å². The molecule has 2 aromatic rings. The van der Waals surface area contributed by atoms with Crippen LogP contribution in [0.3, 0.4) is 0 Å². The van der Waals surface area contributed by atoms with Crippen molar-refractivity contribution < 1.29 is 9.47 Å². The Morgan fingerprint density at radius 2 is 2.24 bits per heavy atom. The van der Waals surface area contributed by atoms with Crippen LogP contribution in [-0.4, -0.2) is 48.2 Å². The summed E-state index contributed by atoms with van der Waals surface area (Å²) in [5.41, 5.74) is 2.04. The molecule has 0 saturated carbocycles. The zero-order chi connectivity index (χ0) is 17.9. The van der Waals surface area contributed by atoms with E-state index < -0.39 is 0 Å². The Morgan fingerprint density at radius 3 is 2.92 bits per heavy atom. The van der Waals surface area contributed by atoms with Gasteiger partial charge in [0.05, 0.1) is 31.5 Å². The topological polar surface area (TPSA) is 51.6 Å². The van der Waals surface area contributed by atoms with E-state index in [0.29, 0.717) is 0 Å². The molecule has 6 nitrogen and oxygen atoms in total. The van der Waals surface area contributed by atoms with Crippen molar-refractivity contribution in [2.45, 2.75) is 39.0 Å². The number of nitrogens with zero attached hydrogens (tertiary/aromatic N) is 3. The van der Waals surface area contributed by atoms with Gasteiger partial charge in [0, 0.05) is 43.3 Å². The first kappa shape index (κ1) is 17.6. The van der Waals surface area contributed by atoms with Gasteiger partial charge in [0.25, 0.3) is 0 Å². The highest BCUT2D eigenvalue weighted by molar-refractivity contribution is 5.65. The molecule has 1 fully saturated rings. The van der Waals surface area contributed by atoms with E-state index in [1.165, 1.54) is 5.69 Å². The number of rotatable bonds is 6. The van der Waals surface area contributed by atoms with Gasteiger partial charge in [-0.2, -0.15) is 5.10 Å². The van der Waals surface area contributed by atoms with Gasteiger partial charge in [0.2, 0.25) is 0 Å². The Hall–Kier alpha value is -2.21. The van der Waals surface area contributed by atoms with Crippen LogP contribution in [0.4, 0.5) is 11.4 Å². The van der Waals surface area contributed by atoms with Crippen molar-refractivity contribution in [3.8, 4) is 5.75 Å². The van der Waals surface area contributed by atoms with Crippen LogP contribution >= 0.6 is 0 Å². The van der Waals surface area contributed by atoms with Crippen LogP contribution in [-0.2, 0) is 11.3 Å². The monoisotopic (exact) mass is 344 g/mol. The molecule has 1 aromatic heterocycles. The summed E-state index contributed by atoms with van der Waals surface area (Å²) in [6.07, 6.45) is 3.77. The van der Waals surface area contributed by atoms with E-state index in [1.54, 1.807) is 13.3 Å². The van der Waals surface area contributed by atoms with Gasteiger partial charge in [0.15, 0.2) is 0 Å². The minimum Gasteiger partial charge on any atom is -0.495 e. The van der Waals surface area contributed by atoms with Gasteiger partial charge in [0.1, 0.15) is 5.75 Å². The third-order valence-corrected chi connectivity index (χ3v) is 4.40. The van der Waals surface area contributed by atoms with Crippen molar-refractivity contribution in [3.05, 3.63) is 36.7 Å². The highest BCUT2D eigenvalue weighted by atomic mass is 16.5. The predicted molar refractivity (Wildman–Crippen MR) is 101 cm³/mol. The minimum atomic E-state index is -0.124. The first-order valence-corrected chi connectivity index (χ1v) is 8.78. The third-order valence-electron chi connectivity index (χ3n) is 4.40. The number of aromatic nitrogens is 2. The molecule has 1 aromatic carbocycles. The SMILES string of the molecule is COc1cc(N2CCOC(C)(C)C2)ccc1NC(C)Cn1cccn1. The normalized spacial score (nSPS) is 18.0. The first-order chi connectivity index (χ1) is 12.0. The highest BCUT2D eigenvalue weighted by Gasteiger charge is 2.27. The molecular formula is C19H28N4O2. The maximum absolute atomic E-state index is 5.81. The minimum absolute atomic E-state index is 0.124. The zero-order valence-electron chi connectivity index (χ0n) is 15.5. The van der Waals surface area contributed by atoms with Crippen molar-refractivity contribution in [1.29, 1.82) is 0 Å². The lowest BCUT2D eigenvalue weighted by Gasteiger charge is -2.39. The number of morpholine rings is 1. The van der Waals surface area contributed by atoms with Crippen LogP contribution in [0, 0.1) is 0 Å². The summed E-state index contributed by atoms with van der Waals surface area (Å²) in [4.78, 5) is 2.35. The van der Waals surface area contributed by atoms with Gasteiger partial charge in [-0.25, -0.2) is 0 Å². The van der Waals surface area contributed by atoms with Crippen molar-refractivity contribution >= 4 is 11.4 Å². The molecule has 1 saturated heterocycles. The van der Waals surface area contributed by atoms with Crippen LogP contribution < -0.4 is 15.0 Å². The Bertz CT molecular complexity index is 685. The van der Waals surface area contributed by atoms with Gasteiger partial charge in [-0.3, -0.25) is 4.68 Å². The molecule has 0 amide bonds. The van der Waals surface area contributed by atoms with Crippen LogP contribution in [0.1, 0.15) is 20.8 Å². The maximum Gasteiger partial charge on any atom is 0.144 e. The van der Waals surface area contributed by atoms with E-state index in [1.807, 2.05) is 16.9 Å². The molecule has 136 valence electrons. The van der Waals surface area contributed by atoms with Crippen molar-refractivity contribution in [2.75, 3.05) is 37.0 Å². The Kier molecular flexibility index (Phi) is 5.18. The number of anilines is 2. The Balaban J connectivity index is 1.71. The quantitative estimate of drug-likeness (QED) is 0.873. The van der Waals surface area contributed by atoms with Crippen molar-refractivity contribution in [3.63, 3.8) is 0 Å². The average molecular weight is 344 g/mol. The van der Waals surface area contributed by atoms with E-state index in [2.05, 4.69) is 54.3 Å². The molecule has 2 heterocycles. The van der Waals surface area contributed by atoms with E-state index in [0.717, 1.165) is 37.7 Å². The number of benzene rings is 1. The molecule has 0 radical (unpaired) electrons. The smallest absolute Gasteiger partial charge is 0.144 e. The second-order valence-corrected chi connectivity index (χ2v) is 7.19. The van der Waals surface area contributed by atoms with Gasteiger partial charge < -0.3 is 19.7 Å². The van der Waals surface area contributed by atoms with Gasteiger partial charge in [-0.1, -0.05) is 0 Å². The lowest BCUT2D eigenvalue weighted by Crippen LogP contribution is -2.48. The molecule has 1 unspecified atom stereocenters. The molecular weight excluding hydrogens is 316 g/mol. The lowest BCUT2D eigenvalue weighted by atomic mass is 10.1. The summed E-state index contributed by atoms with van der Waals surface area (Å²) in [7, 11) is 1.71. The summed E-state index contributed by atoms with van der Waals surface area (Å²) >= 11 is 0. The second kappa shape index (κ2) is 7.35. The molecule has 25 heavy (non-hydrogen) atoms. The first-order valence-electron chi connectivity index (χ1n) is 8.78. The number of methoxy groups -OCH3 is 1. The fourth-order valence-corrected chi connectivity index (χ4v) is 3.23. The molecule has 6 heteroatoms. The van der Waals surface area contributed by atoms with Gasteiger partial charge >= 0.3 is 0 Å². The van der Waals surface area contributed by atoms with Gasteiger partial charge in [-0.05, 0) is 39.0 Å². The van der Waals surface area contributed by atoms with E-state index in [-0.39, 0.29) is 11.6 Å². The fourth-order valence-electron chi connectivity index (χ4n) is 3.23. The van der Waals surface area contributed by atoms with Crippen molar-refractivity contribution in [2.24, 2.45) is 0 Å². The summed E-state index contributed by atoms with van der Waals surface area (Å²) in [5.74, 6) is 0.856. The average Bonchev–Trinajstić information content (AvgIpc) is 3.07. The molecule has 3 rings (SSSR count). The maximum atomic E-state index is 5.81. The molecule has 0 spiro atoms. The largest absolute Gasteiger partial charge is 0.495 e. The van der Waals surface area contributed by atoms with Crippen LogP contribution in [0.25, 0.3) is 0 Å². The Labute approximate surface area is 149 Å². The standard InChI is InChI=1S/C19H28N4O2/c1-15(13-23-9-5-8-20-23)21-17-7-6-16(12-18(17)24-4)22-10-11-25-19(2,3)14-22/h5-9,12,15,21H,10-11,13-14H2,1-4H3. The third kappa shape index (κ3) is 4.45. The molecule has 1 atom stereocenters. The summed E-state index contributed by atoms with van der Waals surface area (Å²) < 4.78 is 13.4. The number of hydrogen-bond acceptors (Lipinski definition) is 5. The van der Waals surface area contributed by atoms with Gasteiger partial charge in [-0.15, -0.1) is 0 Å². The second-order valence-electron chi connectivity index (χ2n) is 7.19. The molecule has 0 bridgehead atoms. The predicted octanol–water partition coefficient (Wildman–Crippen LogP) is 3.01. The molecule has 1 aliphatic heterocycles. The van der Waals surface area contributed by atoms with E-state index >= 15 is 0 Å². The molecule has 1 aliphatic rings. The number of ether oxygens (including phenoxy) is 2. The zero-order valence-corrected chi connectivity index (χ0v) is 15.5. The van der Waals surface area contributed by atoms with E-state index in [4.69, 9.17) is 9.47 Å². The Morgan fingerprint density at radius 1 is 1.40 bits per heavy atom. The summed E-state index contributed by atoms with van der Waals surface area (Å²) in [5, 5.41) is 7.77. The molecule has 1 N–H and O–H groups in total. The fraction of sp³-hybridized carbons (Fsp3) is 0.526. The van der Waals surface area contributed by atoms with Crippen LogP contribution in [0.5, 0.6) is 5.75 Å². The van der Waals surface area contributed by atoms with Crippen molar-refractivity contribution in [1.82, 2.24) is 9.78 Å². The molecule has 0 aliphatic carbocycles. The summed E-state index contributed by atoms with van der Waals surface area (Å²) in [6, 6.07) is 8.52. The highest BCUT2D eigenvalue weighted by Crippen LogP contribution is 2.32. The lowest BCUT2D eigenvalue weighted by molar-refractivity contribution is -0.0277. The summed E-state index contributed by atoms with van der Waals surface area (Å²) in [6.45, 7) is 9.71. The number of nitrogens with one attached hydrogen (secondary N) is 1. The van der Waals surface area contributed by atoms with Crippen LogP contribution in [0.2, 0.25) is 0 Å². The van der Waals surface area contributed by atoms with E-state index in [9.17, 15) is 0 Å².